The molecular weight excluding hydrogens is 522 g/mol. The highest BCUT2D eigenvalue weighted by Gasteiger charge is 2.46. The molecule has 0 spiro atoms. The molecule has 2 N–H and O–H groups in total. The molecule has 2 amide bonds. The van der Waals surface area contributed by atoms with Crippen LogP contribution in [0.2, 0.25) is 0 Å². The summed E-state index contributed by atoms with van der Waals surface area (Å²) in [5, 5.41) is 3.70. The Kier molecular flexibility index (Phi) is 8.51. The standard InChI is InChI=1S/C28H35N3O7S/c1-28(2,3)37-27(33)31-15-14-24(38-39(4,34)35)25(31)22(21-16-29-23-13-9-8-12-20(21)23)17-30-26(32)36-18-19-10-6-5-7-11-19/h5-13,16,22,24-25,29H,14-15,17-18H2,1-4H3,(H,30,32). The molecule has 0 aliphatic carbocycles. The van der Waals surface area contributed by atoms with Gasteiger partial charge in [0.2, 0.25) is 0 Å². The van der Waals surface area contributed by atoms with E-state index in [0.29, 0.717) is 0 Å². The molecule has 0 bridgehead atoms. The van der Waals surface area contributed by atoms with E-state index >= 15 is 0 Å². The fraction of sp³-hybridized carbons (Fsp3) is 0.429. The van der Waals surface area contributed by atoms with Crippen LogP contribution in [-0.2, 0) is 30.4 Å². The molecule has 1 aliphatic heterocycles. The Hall–Kier alpha value is -3.57. The number of nitrogens with one attached hydrogen (secondary N) is 2. The summed E-state index contributed by atoms with van der Waals surface area (Å²) in [4.78, 5) is 30.7. The smallest absolute Gasteiger partial charge is 0.410 e. The molecule has 0 saturated carbocycles. The van der Waals surface area contributed by atoms with Gasteiger partial charge in [0, 0.05) is 36.1 Å². The molecule has 10 nitrogen and oxygen atoms in total. The largest absolute Gasteiger partial charge is 0.445 e. The zero-order valence-corrected chi connectivity index (χ0v) is 23.4. The van der Waals surface area contributed by atoms with Crippen molar-refractivity contribution >= 4 is 33.2 Å². The molecule has 210 valence electrons. The molecule has 3 unspecified atom stereocenters. The molecule has 0 radical (unpaired) electrons. The summed E-state index contributed by atoms with van der Waals surface area (Å²) in [6.07, 6.45) is 1.03. The maximum atomic E-state index is 13.3. The fourth-order valence-electron chi connectivity index (χ4n) is 4.91. The van der Waals surface area contributed by atoms with Gasteiger partial charge >= 0.3 is 12.2 Å². The van der Waals surface area contributed by atoms with Crippen LogP contribution in [0.3, 0.4) is 0 Å². The van der Waals surface area contributed by atoms with Crippen molar-refractivity contribution in [3.05, 3.63) is 71.9 Å². The Bertz CT molecular complexity index is 1400. The van der Waals surface area contributed by atoms with E-state index in [0.717, 1.165) is 28.3 Å². The van der Waals surface area contributed by atoms with Crippen molar-refractivity contribution in [1.29, 1.82) is 0 Å². The second kappa shape index (κ2) is 11.7. The lowest BCUT2D eigenvalue weighted by Gasteiger charge is -2.35. The summed E-state index contributed by atoms with van der Waals surface area (Å²) < 4.78 is 40.9. The van der Waals surface area contributed by atoms with Crippen LogP contribution in [0.25, 0.3) is 10.9 Å². The van der Waals surface area contributed by atoms with Crippen LogP contribution in [0.1, 0.15) is 44.2 Å². The van der Waals surface area contributed by atoms with Crippen LogP contribution < -0.4 is 5.32 Å². The van der Waals surface area contributed by atoms with E-state index in [4.69, 9.17) is 13.7 Å². The minimum absolute atomic E-state index is 0.0586. The van der Waals surface area contributed by atoms with Crippen LogP contribution in [0.5, 0.6) is 0 Å². The number of hydrogen-bond acceptors (Lipinski definition) is 7. The zero-order chi connectivity index (χ0) is 28.2. The molecule has 1 saturated heterocycles. The minimum Gasteiger partial charge on any atom is -0.445 e. The van der Waals surface area contributed by atoms with Crippen molar-refractivity contribution in [2.24, 2.45) is 0 Å². The van der Waals surface area contributed by atoms with Crippen LogP contribution in [0.15, 0.2) is 60.8 Å². The predicted octanol–water partition coefficient (Wildman–Crippen LogP) is 4.53. The number of amides is 2. The first-order valence-corrected chi connectivity index (χ1v) is 14.6. The van der Waals surface area contributed by atoms with Crippen molar-refractivity contribution < 1.29 is 31.7 Å². The number of carbonyl (C=O) groups excluding carboxylic acids is 2. The van der Waals surface area contributed by atoms with E-state index < -0.39 is 46.0 Å². The summed E-state index contributed by atoms with van der Waals surface area (Å²) >= 11 is 0. The van der Waals surface area contributed by atoms with Crippen LogP contribution in [0, 0.1) is 0 Å². The Morgan fingerprint density at radius 3 is 2.49 bits per heavy atom. The van der Waals surface area contributed by atoms with Crippen LogP contribution in [-0.4, -0.2) is 67.6 Å². The minimum atomic E-state index is -3.84. The molecule has 1 fully saturated rings. The first-order valence-electron chi connectivity index (χ1n) is 12.8. The van der Waals surface area contributed by atoms with Gasteiger partial charge in [-0.05, 0) is 44.4 Å². The van der Waals surface area contributed by atoms with E-state index in [1.165, 1.54) is 4.90 Å². The van der Waals surface area contributed by atoms with Gasteiger partial charge in [0.25, 0.3) is 10.1 Å². The van der Waals surface area contributed by atoms with E-state index in [1.807, 2.05) is 60.8 Å². The summed E-state index contributed by atoms with van der Waals surface area (Å²) in [7, 11) is -3.84. The number of aromatic amines is 1. The van der Waals surface area contributed by atoms with Crippen molar-refractivity contribution in [3.8, 4) is 0 Å². The zero-order valence-electron chi connectivity index (χ0n) is 22.5. The van der Waals surface area contributed by atoms with Gasteiger partial charge in [-0.1, -0.05) is 48.5 Å². The van der Waals surface area contributed by atoms with Crippen LogP contribution >= 0.6 is 0 Å². The number of carbonyl (C=O) groups is 2. The lowest BCUT2D eigenvalue weighted by molar-refractivity contribution is 0.0141. The van der Waals surface area contributed by atoms with Gasteiger partial charge in [0.15, 0.2) is 0 Å². The predicted molar refractivity (Wildman–Crippen MR) is 147 cm³/mol. The van der Waals surface area contributed by atoms with Gasteiger partial charge in [-0.15, -0.1) is 0 Å². The first-order chi connectivity index (χ1) is 18.4. The average molecular weight is 558 g/mol. The fourth-order valence-corrected chi connectivity index (χ4v) is 5.57. The third kappa shape index (κ3) is 7.51. The van der Waals surface area contributed by atoms with E-state index in [2.05, 4.69) is 10.3 Å². The average Bonchev–Trinajstić information content (AvgIpc) is 3.47. The highest BCUT2D eigenvalue weighted by atomic mass is 32.2. The molecular formula is C28H35N3O7S. The van der Waals surface area contributed by atoms with E-state index in [9.17, 15) is 18.0 Å². The lowest BCUT2D eigenvalue weighted by Crippen LogP contribution is -2.49. The Balaban J connectivity index is 1.66. The number of aromatic nitrogens is 1. The highest BCUT2D eigenvalue weighted by molar-refractivity contribution is 7.86. The number of fused-ring (bicyclic) bond motifs is 1. The molecule has 3 atom stereocenters. The Labute approximate surface area is 228 Å². The molecule has 2 aromatic carbocycles. The summed E-state index contributed by atoms with van der Waals surface area (Å²) in [6.45, 7) is 5.68. The van der Waals surface area contributed by atoms with Gasteiger partial charge in [-0.3, -0.25) is 4.18 Å². The number of alkyl carbamates (subject to hydrolysis) is 1. The molecule has 39 heavy (non-hydrogen) atoms. The third-order valence-corrected chi connectivity index (χ3v) is 7.03. The topological polar surface area (TPSA) is 127 Å². The van der Waals surface area contributed by atoms with E-state index in [-0.39, 0.29) is 26.1 Å². The Morgan fingerprint density at radius 2 is 1.79 bits per heavy atom. The molecule has 1 aliphatic rings. The second-order valence-corrected chi connectivity index (χ2v) is 12.2. The number of rotatable bonds is 8. The monoisotopic (exact) mass is 557 g/mol. The number of para-hydroxylation sites is 1. The SMILES string of the molecule is CC(C)(C)OC(=O)N1CCC(OS(C)(=O)=O)C1C(CNC(=O)OCc1ccccc1)c1c[nH]c2ccccc12. The number of nitrogens with zero attached hydrogens (tertiary/aromatic N) is 1. The second-order valence-electron chi connectivity index (χ2n) is 10.6. The van der Waals surface area contributed by atoms with Gasteiger partial charge < -0.3 is 24.7 Å². The normalized spacial score (nSPS) is 18.6. The van der Waals surface area contributed by atoms with Crippen molar-refractivity contribution in [2.75, 3.05) is 19.3 Å². The number of H-pyrrole nitrogens is 1. The van der Waals surface area contributed by atoms with E-state index in [1.54, 1.807) is 20.8 Å². The lowest BCUT2D eigenvalue weighted by atomic mass is 9.88. The van der Waals surface area contributed by atoms with Gasteiger partial charge in [-0.25, -0.2) is 9.59 Å². The van der Waals surface area contributed by atoms with Crippen LogP contribution in [0.4, 0.5) is 9.59 Å². The molecule has 3 aromatic rings. The maximum absolute atomic E-state index is 13.3. The summed E-state index contributed by atoms with van der Waals surface area (Å²) in [6, 6.07) is 16.2. The molecule has 4 rings (SSSR count). The number of ether oxygens (including phenoxy) is 2. The summed E-state index contributed by atoms with van der Waals surface area (Å²) in [5.41, 5.74) is 1.75. The molecule has 1 aromatic heterocycles. The van der Waals surface area contributed by atoms with Crippen molar-refractivity contribution in [3.63, 3.8) is 0 Å². The summed E-state index contributed by atoms with van der Waals surface area (Å²) in [5.74, 6) is -0.549. The molecule has 11 heteroatoms. The number of hydrogen-bond donors (Lipinski definition) is 2. The van der Waals surface area contributed by atoms with Crippen molar-refractivity contribution in [2.45, 2.75) is 57.5 Å². The third-order valence-electron chi connectivity index (χ3n) is 6.43. The number of benzene rings is 2. The van der Waals surface area contributed by atoms with Gasteiger partial charge in [0.1, 0.15) is 12.2 Å². The number of likely N-dealkylation sites (tertiary alicyclic amines) is 1. The van der Waals surface area contributed by atoms with Crippen molar-refractivity contribution in [1.82, 2.24) is 15.2 Å². The van der Waals surface area contributed by atoms with Gasteiger partial charge in [0.05, 0.1) is 18.4 Å². The van der Waals surface area contributed by atoms with Gasteiger partial charge in [-0.2, -0.15) is 8.42 Å². The highest BCUT2D eigenvalue weighted by Crippen LogP contribution is 2.37. The Morgan fingerprint density at radius 1 is 1.10 bits per heavy atom. The quantitative estimate of drug-likeness (QED) is 0.390. The first kappa shape index (κ1) is 28.4. The molecule has 2 heterocycles. The maximum Gasteiger partial charge on any atom is 0.410 e.